The van der Waals surface area contributed by atoms with E-state index in [1.54, 1.807) is 0 Å². The normalized spacial score (nSPS) is 29.8. The van der Waals surface area contributed by atoms with Crippen LogP contribution in [-0.2, 0) is 18.4 Å². The summed E-state index contributed by atoms with van der Waals surface area (Å²) in [4.78, 5) is 13.5. The van der Waals surface area contributed by atoms with Crippen LogP contribution in [0.25, 0.3) is 0 Å². The first-order valence-electron chi connectivity index (χ1n) is 7.50. The molecule has 0 saturated carbocycles. The van der Waals surface area contributed by atoms with E-state index < -0.39 is 5.97 Å². The van der Waals surface area contributed by atoms with E-state index in [0.29, 0.717) is 24.4 Å². The van der Waals surface area contributed by atoms with Crippen molar-refractivity contribution in [2.75, 3.05) is 0 Å². The van der Waals surface area contributed by atoms with Crippen molar-refractivity contribution in [3.05, 3.63) is 17.5 Å². The van der Waals surface area contributed by atoms with Crippen LogP contribution in [0.15, 0.2) is 6.07 Å². The fraction of sp³-hybridized carbons (Fsp3) is 0.733. The largest absolute Gasteiger partial charge is 0.481 e. The number of aromatic nitrogens is 2. The Labute approximate surface area is 119 Å². The summed E-state index contributed by atoms with van der Waals surface area (Å²) < 4.78 is 1.97. The molecule has 0 aliphatic carbocycles. The zero-order valence-corrected chi connectivity index (χ0v) is 12.2. The average Bonchev–Trinajstić information content (AvgIpc) is 2.78. The number of aryl methyl sites for hydroxylation is 2. The smallest absolute Gasteiger partial charge is 0.303 e. The lowest BCUT2D eigenvalue weighted by atomic mass is 9.88. The average molecular weight is 277 g/mol. The van der Waals surface area contributed by atoms with Gasteiger partial charge in [0.05, 0.1) is 11.4 Å². The summed E-state index contributed by atoms with van der Waals surface area (Å²) in [6, 6.07) is 3.28. The van der Waals surface area contributed by atoms with Gasteiger partial charge in [-0.1, -0.05) is 0 Å². The SMILES string of the molecule is Cc1cc(CN2C3CCC2CC(CC(=O)O)C3)n(C)n1. The predicted octanol–water partition coefficient (Wildman–Crippen LogP) is 1.95. The molecule has 5 nitrogen and oxygen atoms in total. The molecule has 0 spiro atoms. The van der Waals surface area contributed by atoms with E-state index in [4.69, 9.17) is 5.11 Å². The first-order chi connectivity index (χ1) is 9.52. The second-order valence-electron chi connectivity index (χ2n) is 6.39. The van der Waals surface area contributed by atoms with Crippen LogP contribution in [0.4, 0.5) is 0 Å². The van der Waals surface area contributed by atoms with Crippen LogP contribution in [0, 0.1) is 12.8 Å². The molecule has 5 heteroatoms. The summed E-state index contributed by atoms with van der Waals surface area (Å²) in [6.45, 7) is 2.98. The van der Waals surface area contributed by atoms with Crippen LogP contribution in [-0.4, -0.2) is 37.8 Å². The summed E-state index contributed by atoms with van der Waals surface area (Å²) in [6.07, 6.45) is 4.86. The van der Waals surface area contributed by atoms with Gasteiger partial charge in [-0.25, -0.2) is 0 Å². The van der Waals surface area contributed by atoms with Crippen LogP contribution in [0.5, 0.6) is 0 Å². The van der Waals surface area contributed by atoms with Crippen molar-refractivity contribution in [1.29, 1.82) is 0 Å². The zero-order valence-electron chi connectivity index (χ0n) is 12.2. The van der Waals surface area contributed by atoms with Crippen molar-refractivity contribution >= 4 is 5.97 Å². The molecule has 0 radical (unpaired) electrons. The Morgan fingerprint density at radius 2 is 2.05 bits per heavy atom. The van der Waals surface area contributed by atoms with Crippen LogP contribution in [0.2, 0.25) is 0 Å². The van der Waals surface area contributed by atoms with Crippen molar-refractivity contribution in [1.82, 2.24) is 14.7 Å². The number of hydrogen-bond acceptors (Lipinski definition) is 3. The maximum Gasteiger partial charge on any atom is 0.303 e. The predicted molar refractivity (Wildman–Crippen MR) is 75.3 cm³/mol. The van der Waals surface area contributed by atoms with Crippen molar-refractivity contribution in [2.24, 2.45) is 13.0 Å². The molecule has 2 saturated heterocycles. The molecule has 0 aromatic carbocycles. The molecule has 2 aliphatic rings. The lowest BCUT2D eigenvalue weighted by Crippen LogP contribution is -2.43. The van der Waals surface area contributed by atoms with Gasteiger partial charge in [-0.3, -0.25) is 14.4 Å². The maximum absolute atomic E-state index is 10.9. The van der Waals surface area contributed by atoms with Gasteiger partial charge < -0.3 is 5.11 Å². The standard InChI is InChI=1S/C15H23N3O2/c1-10-5-14(17(2)16-10)9-18-12-3-4-13(18)7-11(6-12)8-15(19)20/h5,11-13H,3-4,6-9H2,1-2H3,(H,19,20). The molecule has 2 unspecified atom stereocenters. The number of fused-ring (bicyclic) bond motifs is 2. The van der Waals surface area contributed by atoms with Gasteiger partial charge in [-0.05, 0) is 44.6 Å². The third-order valence-electron chi connectivity index (χ3n) is 4.89. The van der Waals surface area contributed by atoms with E-state index in [2.05, 4.69) is 16.1 Å². The van der Waals surface area contributed by atoms with E-state index in [1.165, 1.54) is 18.5 Å². The van der Waals surface area contributed by atoms with E-state index in [-0.39, 0.29) is 0 Å². The van der Waals surface area contributed by atoms with Crippen molar-refractivity contribution < 1.29 is 9.90 Å². The third kappa shape index (κ3) is 2.59. The number of carbonyl (C=O) groups is 1. The van der Waals surface area contributed by atoms with E-state index in [0.717, 1.165) is 25.1 Å². The molecule has 3 heterocycles. The molecule has 3 rings (SSSR count). The van der Waals surface area contributed by atoms with E-state index >= 15 is 0 Å². The Kier molecular flexibility index (Phi) is 3.54. The summed E-state index contributed by atoms with van der Waals surface area (Å²) in [5, 5.41) is 13.4. The number of carboxylic acids is 1. The van der Waals surface area contributed by atoms with E-state index in [1.807, 2.05) is 18.7 Å². The Balaban J connectivity index is 1.68. The van der Waals surface area contributed by atoms with Gasteiger partial charge in [0.1, 0.15) is 0 Å². The van der Waals surface area contributed by atoms with Crippen LogP contribution >= 0.6 is 0 Å². The van der Waals surface area contributed by atoms with Gasteiger partial charge in [0.25, 0.3) is 0 Å². The minimum Gasteiger partial charge on any atom is -0.481 e. The third-order valence-corrected chi connectivity index (χ3v) is 4.89. The number of aliphatic carboxylic acids is 1. The molecule has 2 atom stereocenters. The second kappa shape index (κ2) is 5.20. The molecule has 20 heavy (non-hydrogen) atoms. The topological polar surface area (TPSA) is 58.4 Å². The van der Waals surface area contributed by atoms with Crippen LogP contribution < -0.4 is 0 Å². The highest BCUT2D eigenvalue weighted by Gasteiger charge is 2.41. The van der Waals surface area contributed by atoms with Gasteiger partial charge in [-0.2, -0.15) is 5.10 Å². The van der Waals surface area contributed by atoms with Gasteiger partial charge in [0.15, 0.2) is 0 Å². The molecule has 1 N–H and O–H groups in total. The van der Waals surface area contributed by atoms with Gasteiger partial charge in [0.2, 0.25) is 0 Å². The Morgan fingerprint density at radius 3 is 2.55 bits per heavy atom. The van der Waals surface area contributed by atoms with E-state index in [9.17, 15) is 4.79 Å². The fourth-order valence-corrected chi connectivity index (χ4v) is 4.06. The highest BCUT2D eigenvalue weighted by molar-refractivity contribution is 5.67. The number of rotatable bonds is 4. The minimum absolute atomic E-state index is 0.339. The van der Waals surface area contributed by atoms with Crippen molar-refractivity contribution in [2.45, 2.75) is 57.7 Å². The highest BCUT2D eigenvalue weighted by atomic mass is 16.4. The van der Waals surface area contributed by atoms with Gasteiger partial charge >= 0.3 is 5.97 Å². The lowest BCUT2D eigenvalue weighted by molar-refractivity contribution is -0.138. The maximum atomic E-state index is 10.9. The lowest BCUT2D eigenvalue weighted by Gasteiger charge is -2.38. The van der Waals surface area contributed by atoms with Gasteiger partial charge in [0, 0.05) is 32.1 Å². The molecule has 2 bridgehead atoms. The number of piperidine rings is 1. The highest BCUT2D eigenvalue weighted by Crippen LogP contribution is 2.40. The summed E-state index contributed by atoms with van der Waals surface area (Å²) in [5.41, 5.74) is 2.33. The first-order valence-corrected chi connectivity index (χ1v) is 7.50. The van der Waals surface area contributed by atoms with Crippen molar-refractivity contribution in [3.63, 3.8) is 0 Å². The Bertz CT molecular complexity index is 497. The zero-order chi connectivity index (χ0) is 14.3. The number of hydrogen-bond donors (Lipinski definition) is 1. The molecule has 2 fully saturated rings. The summed E-state index contributed by atoms with van der Waals surface area (Å²) in [5.74, 6) is -0.278. The first kappa shape index (κ1) is 13.6. The fourth-order valence-electron chi connectivity index (χ4n) is 4.06. The summed E-state index contributed by atoms with van der Waals surface area (Å²) >= 11 is 0. The monoisotopic (exact) mass is 277 g/mol. The molecule has 1 aromatic rings. The molecular formula is C15H23N3O2. The number of nitrogens with zero attached hydrogens (tertiary/aromatic N) is 3. The van der Waals surface area contributed by atoms with Crippen LogP contribution in [0.3, 0.4) is 0 Å². The molecule has 2 aliphatic heterocycles. The van der Waals surface area contributed by atoms with Gasteiger partial charge in [-0.15, -0.1) is 0 Å². The quantitative estimate of drug-likeness (QED) is 0.914. The molecule has 1 aromatic heterocycles. The van der Waals surface area contributed by atoms with Crippen molar-refractivity contribution in [3.8, 4) is 0 Å². The minimum atomic E-state index is -0.648. The molecule has 0 amide bonds. The Hall–Kier alpha value is -1.36. The Morgan fingerprint density at radius 1 is 1.40 bits per heavy atom. The summed E-state index contributed by atoms with van der Waals surface area (Å²) in [7, 11) is 2.00. The second-order valence-corrected chi connectivity index (χ2v) is 6.39. The molecule has 110 valence electrons. The molecular weight excluding hydrogens is 254 g/mol. The van der Waals surface area contributed by atoms with Crippen LogP contribution in [0.1, 0.15) is 43.5 Å². The number of carboxylic acid groups (broad SMARTS) is 1.